The van der Waals surface area contributed by atoms with Gasteiger partial charge in [-0.05, 0) is 37.7 Å². The number of anilines is 1. The molecule has 2 N–H and O–H groups in total. The van der Waals surface area contributed by atoms with Crippen LogP contribution < -0.4 is 10.6 Å². The summed E-state index contributed by atoms with van der Waals surface area (Å²) in [6.07, 6.45) is 2.84. The predicted octanol–water partition coefficient (Wildman–Crippen LogP) is 2.09. The summed E-state index contributed by atoms with van der Waals surface area (Å²) in [6.45, 7) is 4.95. The maximum absolute atomic E-state index is 5.08. The second-order valence-corrected chi connectivity index (χ2v) is 3.48. The van der Waals surface area contributed by atoms with E-state index in [4.69, 9.17) is 12.2 Å². The molecule has 1 rings (SSSR count). The molecule has 0 unspecified atom stereocenters. The smallest absolute Gasteiger partial charge is 0.170 e. The number of hydrogen-bond donors (Lipinski definition) is 2. The lowest BCUT2D eigenvalue weighted by Crippen LogP contribution is -2.28. The van der Waals surface area contributed by atoms with Crippen molar-refractivity contribution in [2.75, 3.05) is 11.9 Å². The summed E-state index contributed by atoms with van der Waals surface area (Å²) in [7, 11) is 0. The van der Waals surface area contributed by atoms with E-state index in [0.29, 0.717) is 5.11 Å². The van der Waals surface area contributed by atoms with Gasteiger partial charge < -0.3 is 10.6 Å². The average molecular weight is 209 g/mol. The number of nitrogens with zero attached hydrogens (tertiary/aromatic N) is 1. The van der Waals surface area contributed by atoms with Crippen molar-refractivity contribution in [1.82, 2.24) is 10.3 Å². The van der Waals surface area contributed by atoms with Gasteiger partial charge in [0.2, 0.25) is 0 Å². The third kappa shape index (κ3) is 3.70. The molecule has 0 saturated heterocycles. The third-order valence-electron chi connectivity index (χ3n) is 1.70. The van der Waals surface area contributed by atoms with E-state index in [0.717, 1.165) is 24.3 Å². The quantitative estimate of drug-likeness (QED) is 0.747. The predicted molar refractivity (Wildman–Crippen MR) is 63.5 cm³/mol. The molecule has 0 fully saturated rings. The van der Waals surface area contributed by atoms with Crippen molar-refractivity contribution >= 4 is 23.0 Å². The molecule has 1 heterocycles. The van der Waals surface area contributed by atoms with Gasteiger partial charge in [0.1, 0.15) is 0 Å². The van der Waals surface area contributed by atoms with Gasteiger partial charge in [0.25, 0.3) is 0 Å². The Morgan fingerprint density at radius 1 is 1.50 bits per heavy atom. The summed E-state index contributed by atoms with van der Waals surface area (Å²) >= 11 is 5.08. The van der Waals surface area contributed by atoms with Crippen molar-refractivity contribution in [3.05, 3.63) is 24.0 Å². The molecule has 1 aromatic rings. The Balaban J connectivity index is 2.44. The summed E-state index contributed by atoms with van der Waals surface area (Å²) in [5, 5.41) is 6.80. The zero-order chi connectivity index (χ0) is 10.4. The number of pyridine rings is 1. The van der Waals surface area contributed by atoms with E-state index in [2.05, 4.69) is 22.5 Å². The fraction of sp³-hybridized carbons (Fsp3) is 0.400. The van der Waals surface area contributed by atoms with Gasteiger partial charge in [0, 0.05) is 12.2 Å². The van der Waals surface area contributed by atoms with Gasteiger partial charge in [-0.3, -0.25) is 4.98 Å². The van der Waals surface area contributed by atoms with E-state index in [1.807, 2.05) is 19.1 Å². The molecule has 0 aliphatic rings. The van der Waals surface area contributed by atoms with Gasteiger partial charge in [-0.1, -0.05) is 6.92 Å². The van der Waals surface area contributed by atoms with Gasteiger partial charge in [0.15, 0.2) is 5.11 Å². The molecular formula is C10H15N3S. The normalized spacial score (nSPS) is 9.57. The van der Waals surface area contributed by atoms with Gasteiger partial charge >= 0.3 is 0 Å². The van der Waals surface area contributed by atoms with Gasteiger partial charge in [0.05, 0.1) is 11.9 Å². The van der Waals surface area contributed by atoms with E-state index in [1.54, 1.807) is 6.20 Å². The van der Waals surface area contributed by atoms with Crippen LogP contribution in [0.4, 0.5) is 5.69 Å². The summed E-state index contributed by atoms with van der Waals surface area (Å²) in [5.74, 6) is 0. The number of rotatable bonds is 3. The summed E-state index contributed by atoms with van der Waals surface area (Å²) in [5.41, 5.74) is 1.92. The van der Waals surface area contributed by atoms with Crippen LogP contribution >= 0.6 is 12.2 Å². The van der Waals surface area contributed by atoms with Crippen LogP contribution in [0.1, 0.15) is 19.0 Å². The molecule has 76 valence electrons. The summed E-state index contributed by atoms with van der Waals surface area (Å²) < 4.78 is 0. The minimum Gasteiger partial charge on any atom is -0.362 e. The van der Waals surface area contributed by atoms with Crippen LogP contribution in [-0.2, 0) is 0 Å². The molecule has 0 aliphatic carbocycles. The average Bonchev–Trinajstić information content (AvgIpc) is 2.18. The Morgan fingerprint density at radius 3 is 2.86 bits per heavy atom. The van der Waals surface area contributed by atoms with Crippen molar-refractivity contribution in [2.45, 2.75) is 20.3 Å². The van der Waals surface area contributed by atoms with Crippen LogP contribution in [0.15, 0.2) is 18.3 Å². The minimum absolute atomic E-state index is 0.650. The molecule has 3 nitrogen and oxygen atoms in total. The highest BCUT2D eigenvalue weighted by Gasteiger charge is 1.95. The number of aromatic nitrogens is 1. The first-order valence-corrected chi connectivity index (χ1v) is 5.10. The Bertz CT molecular complexity index is 295. The van der Waals surface area contributed by atoms with Gasteiger partial charge in [-0.25, -0.2) is 0 Å². The van der Waals surface area contributed by atoms with Crippen LogP contribution in [0, 0.1) is 6.92 Å². The van der Waals surface area contributed by atoms with Crippen molar-refractivity contribution < 1.29 is 0 Å². The Morgan fingerprint density at radius 2 is 2.29 bits per heavy atom. The van der Waals surface area contributed by atoms with Crippen molar-refractivity contribution in [1.29, 1.82) is 0 Å². The molecule has 0 bridgehead atoms. The van der Waals surface area contributed by atoms with Crippen LogP contribution in [0.5, 0.6) is 0 Å². The largest absolute Gasteiger partial charge is 0.362 e. The lowest BCUT2D eigenvalue weighted by Gasteiger charge is -2.08. The zero-order valence-electron chi connectivity index (χ0n) is 8.50. The highest BCUT2D eigenvalue weighted by atomic mass is 32.1. The second kappa shape index (κ2) is 5.54. The molecule has 1 aromatic heterocycles. The lowest BCUT2D eigenvalue weighted by atomic mass is 10.3. The summed E-state index contributed by atoms with van der Waals surface area (Å²) in [6, 6.07) is 3.91. The van der Waals surface area contributed by atoms with Crippen molar-refractivity contribution in [3.8, 4) is 0 Å². The van der Waals surface area contributed by atoms with E-state index >= 15 is 0 Å². The monoisotopic (exact) mass is 209 g/mol. The maximum atomic E-state index is 5.08. The van der Waals surface area contributed by atoms with Crippen LogP contribution in [0.2, 0.25) is 0 Å². The molecule has 0 aromatic carbocycles. The Hall–Kier alpha value is -1.16. The molecule has 0 atom stereocenters. The van der Waals surface area contributed by atoms with E-state index in [1.165, 1.54) is 0 Å². The Kier molecular flexibility index (Phi) is 4.32. The maximum Gasteiger partial charge on any atom is 0.170 e. The molecule has 0 saturated carbocycles. The van der Waals surface area contributed by atoms with Gasteiger partial charge in [-0.15, -0.1) is 0 Å². The fourth-order valence-corrected chi connectivity index (χ4v) is 1.18. The van der Waals surface area contributed by atoms with Crippen molar-refractivity contribution in [3.63, 3.8) is 0 Å². The zero-order valence-corrected chi connectivity index (χ0v) is 9.32. The van der Waals surface area contributed by atoms with Crippen molar-refractivity contribution in [2.24, 2.45) is 0 Å². The minimum atomic E-state index is 0.650. The van der Waals surface area contributed by atoms with Crippen LogP contribution in [0.3, 0.4) is 0 Å². The number of nitrogens with one attached hydrogen (secondary N) is 2. The highest BCUT2D eigenvalue weighted by molar-refractivity contribution is 7.80. The number of aryl methyl sites for hydroxylation is 1. The molecule has 0 radical (unpaired) electrons. The molecule has 0 amide bonds. The van der Waals surface area contributed by atoms with Gasteiger partial charge in [-0.2, -0.15) is 0 Å². The SMILES string of the molecule is CCCNC(=S)Nc1ccc(C)nc1. The molecule has 4 heteroatoms. The fourth-order valence-electron chi connectivity index (χ4n) is 0.956. The molecule has 0 spiro atoms. The third-order valence-corrected chi connectivity index (χ3v) is 1.95. The number of hydrogen-bond acceptors (Lipinski definition) is 2. The lowest BCUT2D eigenvalue weighted by molar-refractivity contribution is 0.846. The standard InChI is InChI=1S/C10H15N3S/c1-3-6-11-10(14)13-9-5-4-8(2)12-7-9/h4-5,7H,3,6H2,1-2H3,(H2,11,13,14). The summed E-state index contributed by atoms with van der Waals surface area (Å²) in [4.78, 5) is 4.16. The Labute approximate surface area is 89.9 Å². The second-order valence-electron chi connectivity index (χ2n) is 3.07. The molecule has 0 aliphatic heterocycles. The first-order chi connectivity index (χ1) is 6.72. The molecular weight excluding hydrogens is 194 g/mol. The molecule has 14 heavy (non-hydrogen) atoms. The van der Waals surface area contributed by atoms with Crippen LogP contribution in [0.25, 0.3) is 0 Å². The topological polar surface area (TPSA) is 37.0 Å². The van der Waals surface area contributed by atoms with E-state index < -0.39 is 0 Å². The first kappa shape index (κ1) is 10.9. The highest BCUT2D eigenvalue weighted by Crippen LogP contribution is 2.04. The van der Waals surface area contributed by atoms with E-state index in [-0.39, 0.29) is 0 Å². The first-order valence-electron chi connectivity index (χ1n) is 4.70. The van der Waals surface area contributed by atoms with Crippen LogP contribution in [-0.4, -0.2) is 16.6 Å². The van der Waals surface area contributed by atoms with E-state index in [9.17, 15) is 0 Å². The number of thiocarbonyl (C=S) groups is 1.